The third-order valence-electron chi connectivity index (χ3n) is 2.71. The van der Waals surface area contributed by atoms with E-state index in [1.807, 2.05) is 0 Å². The highest BCUT2D eigenvalue weighted by molar-refractivity contribution is 5.91. The largest absolute Gasteiger partial charge is 0.380 e. The van der Waals surface area contributed by atoms with E-state index in [4.69, 9.17) is 10.5 Å². The van der Waals surface area contributed by atoms with Gasteiger partial charge in [0.15, 0.2) is 5.69 Å². The maximum Gasteiger partial charge on any atom is 0.273 e. The number of nitrogens with zero attached hydrogens (tertiary/aromatic N) is 3. The summed E-state index contributed by atoms with van der Waals surface area (Å²) in [5, 5.41) is 10.4. The number of nitrogens with one attached hydrogen (secondary N) is 1. The van der Waals surface area contributed by atoms with Crippen LogP contribution >= 0.6 is 0 Å². The van der Waals surface area contributed by atoms with Gasteiger partial charge in [0.1, 0.15) is 0 Å². The van der Waals surface area contributed by atoms with Crippen LogP contribution in [-0.2, 0) is 11.3 Å². The number of ether oxygens (including phenoxy) is 1. The Labute approximate surface area is 99.3 Å². The van der Waals surface area contributed by atoms with Gasteiger partial charge in [-0.1, -0.05) is 12.1 Å². The normalized spacial score (nSPS) is 17.5. The Bertz CT molecular complexity index is 399. The second kappa shape index (κ2) is 4.80. The molecule has 17 heavy (non-hydrogen) atoms. The van der Waals surface area contributed by atoms with E-state index in [0.29, 0.717) is 38.5 Å². The molecule has 1 saturated heterocycles. The van der Waals surface area contributed by atoms with Crippen LogP contribution in [0.25, 0.3) is 0 Å². The molecule has 1 aromatic rings. The topological polar surface area (TPSA) is 95.1 Å². The Balaban J connectivity index is 1.85. The first-order chi connectivity index (χ1) is 8.13. The van der Waals surface area contributed by atoms with E-state index in [1.165, 1.54) is 0 Å². The van der Waals surface area contributed by atoms with Crippen LogP contribution in [0.15, 0.2) is 6.20 Å². The highest BCUT2D eigenvalue weighted by atomic mass is 16.5. The van der Waals surface area contributed by atoms with Crippen LogP contribution < -0.4 is 11.1 Å². The minimum absolute atomic E-state index is 0.0584. The number of carbonyl (C=O) groups excluding carboxylic acids is 1. The fraction of sp³-hybridized carbons (Fsp3) is 0.700. The third kappa shape index (κ3) is 2.80. The second-order valence-corrected chi connectivity index (χ2v) is 4.64. The molecule has 7 nitrogen and oxygen atoms in total. The molecule has 1 aromatic heterocycles. The summed E-state index contributed by atoms with van der Waals surface area (Å²) >= 11 is 0. The lowest BCUT2D eigenvalue weighted by atomic mass is 9.89. The molecule has 0 radical (unpaired) electrons. The molecule has 7 heteroatoms. The van der Waals surface area contributed by atoms with Crippen LogP contribution in [0.3, 0.4) is 0 Å². The van der Waals surface area contributed by atoms with Gasteiger partial charge in [-0.25, -0.2) is 0 Å². The Morgan fingerprint density at radius 3 is 3.06 bits per heavy atom. The van der Waals surface area contributed by atoms with Gasteiger partial charge in [0, 0.05) is 18.5 Å². The molecule has 2 rings (SSSR count). The number of nitrogens with two attached hydrogens (primary N) is 1. The zero-order chi connectivity index (χ0) is 12.3. The van der Waals surface area contributed by atoms with Gasteiger partial charge in [-0.15, -0.1) is 5.10 Å². The fourth-order valence-corrected chi connectivity index (χ4v) is 1.58. The molecular formula is C10H17N5O2. The lowest BCUT2D eigenvalue weighted by molar-refractivity contribution is -0.0978. The van der Waals surface area contributed by atoms with Crippen molar-refractivity contribution in [1.82, 2.24) is 20.3 Å². The van der Waals surface area contributed by atoms with Gasteiger partial charge in [-0.05, 0) is 0 Å². The summed E-state index contributed by atoms with van der Waals surface area (Å²) in [4.78, 5) is 11.7. The van der Waals surface area contributed by atoms with Gasteiger partial charge >= 0.3 is 0 Å². The van der Waals surface area contributed by atoms with Crippen molar-refractivity contribution >= 4 is 5.91 Å². The molecule has 0 spiro atoms. The van der Waals surface area contributed by atoms with Crippen molar-refractivity contribution in [1.29, 1.82) is 0 Å². The molecule has 94 valence electrons. The first-order valence-corrected chi connectivity index (χ1v) is 5.59. The van der Waals surface area contributed by atoms with E-state index in [2.05, 4.69) is 22.6 Å². The van der Waals surface area contributed by atoms with E-state index >= 15 is 0 Å². The van der Waals surface area contributed by atoms with Crippen LogP contribution in [0.1, 0.15) is 17.4 Å². The van der Waals surface area contributed by atoms with Crippen LogP contribution in [0.5, 0.6) is 0 Å². The molecule has 1 amide bonds. The Hall–Kier alpha value is -1.47. The van der Waals surface area contributed by atoms with Gasteiger partial charge in [0.25, 0.3) is 5.91 Å². The van der Waals surface area contributed by atoms with Gasteiger partial charge in [-0.2, -0.15) is 0 Å². The minimum Gasteiger partial charge on any atom is -0.380 e. The first-order valence-electron chi connectivity index (χ1n) is 5.59. The average Bonchev–Trinajstić information content (AvgIpc) is 2.72. The molecule has 1 aliphatic rings. The Kier molecular flexibility index (Phi) is 3.39. The summed E-state index contributed by atoms with van der Waals surface area (Å²) in [6.45, 7) is 5.07. The summed E-state index contributed by atoms with van der Waals surface area (Å²) in [5.74, 6) is -0.207. The number of hydrogen-bond donors (Lipinski definition) is 2. The summed E-state index contributed by atoms with van der Waals surface area (Å²) in [6, 6.07) is 0. The SMILES string of the molecule is CC1(CNC(=O)c2cn(CCN)nn2)COC1. The van der Waals surface area contributed by atoms with Crippen molar-refractivity contribution in [2.45, 2.75) is 13.5 Å². The number of amides is 1. The monoisotopic (exact) mass is 239 g/mol. The van der Waals surface area contributed by atoms with E-state index in [0.717, 1.165) is 0 Å². The van der Waals surface area contributed by atoms with E-state index < -0.39 is 0 Å². The van der Waals surface area contributed by atoms with Crippen molar-refractivity contribution in [3.8, 4) is 0 Å². The van der Waals surface area contributed by atoms with Gasteiger partial charge < -0.3 is 15.8 Å². The quantitative estimate of drug-likeness (QED) is 0.687. The summed E-state index contributed by atoms with van der Waals surface area (Å²) in [7, 11) is 0. The van der Waals surface area contributed by atoms with Crippen molar-refractivity contribution < 1.29 is 9.53 Å². The van der Waals surface area contributed by atoms with Crippen molar-refractivity contribution in [3.63, 3.8) is 0 Å². The highest BCUT2D eigenvalue weighted by Gasteiger charge is 2.33. The van der Waals surface area contributed by atoms with Crippen molar-refractivity contribution in [3.05, 3.63) is 11.9 Å². The maximum absolute atomic E-state index is 11.7. The molecular weight excluding hydrogens is 222 g/mol. The smallest absolute Gasteiger partial charge is 0.273 e. The highest BCUT2D eigenvalue weighted by Crippen LogP contribution is 2.25. The van der Waals surface area contributed by atoms with Crippen LogP contribution in [-0.4, -0.2) is 47.2 Å². The third-order valence-corrected chi connectivity index (χ3v) is 2.71. The molecule has 0 aliphatic carbocycles. The molecule has 0 saturated carbocycles. The molecule has 2 heterocycles. The van der Waals surface area contributed by atoms with Crippen LogP contribution in [0, 0.1) is 5.41 Å². The predicted octanol–water partition coefficient (Wildman–Crippen LogP) is -0.997. The molecule has 1 aliphatic heterocycles. The first kappa shape index (κ1) is 12.0. The minimum atomic E-state index is -0.207. The molecule has 1 fully saturated rings. The predicted molar refractivity (Wildman–Crippen MR) is 60.3 cm³/mol. The number of hydrogen-bond acceptors (Lipinski definition) is 5. The summed E-state index contributed by atoms with van der Waals surface area (Å²) < 4.78 is 6.67. The fourth-order valence-electron chi connectivity index (χ4n) is 1.58. The zero-order valence-corrected chi connectivity index (χ0v) is 9.85. The molecule has 0 atom stereocenters. The molecule has 0 bridgehead atoms. The molecule has 0 unspecified atom stereocenters. The van der Waals surface area contributed by atoms with Gasteiger partial charge in [0.2, 0.25) is 0 Å². The van der Waals surface area contributed by atoms with Crippen LogP contribution in [0.4, 0.5) is 0 Å². The number of aromatic nitrogens is 3. The van der Waals surface area contributed by atoms with Crippen molar-refractivity contribution in [2.24, 2.45) is 11.1 Å². The van der Waals surface area contributed by atoms with E-state index in [1.54, 1.807) is 10.9 Å². The van der Waals surface area contributed by atoms with Crippen LogP contribution in [0.2, 0.25) is 0 Å². The maximum atomic E-state index is 11.7. The number of carbonyl (C=O) groups is 1. The molecule has 0 aromatic carbocycles. The molecule has 3 N–H and O–H groups in total. The lowest BCUT2D eigenvalue weighted by Gasteiger charge is -2.37. The van der Waals surface area contributed by atoms with Gasteiger partial charge in [-0.3, -0.25) is 9.48 Å². The standard InChI is InChI=1S/C10H17N5O2/c1-10(6-17-7-10)5-12-9(16)8-4-15(3-2-11)14-13-8/h4H,2-3,5-7,11H2,1H3,(H,12,16). The Morgan fingerprint density at radius 2 is 2.47 bits per heavy atom. The summed E-state index contributed by atoms with van der Waals surface area (Å²) in [5.41, 5.74) is 5.76. The summed E-state index contributed by atoms with van der Waals surface area (Å²) in [6.07, 6.45) is 1.60. The lowest BCUT2D eigenvalue weighted by Crippen LogP contribution is -2.48. The number of rotatable bonds is 5. The Morgan fingerprint density at radius 1 is 1.71 bits per heavy atom. The second-order valence-electron chi connectivity index (χ2n) is 4.64. The van der Waals surface area contributed by atoms with E-state index in [9.17, 15) is 4.79 Å². The zero-order valence-electron chi connectivity index (χ0n) is 9.85. The van der Waals surface area contributed by atoms with Crippen molar-refractivity contribution in [2.75, 3.05) is 26.3 Å². The van der Waals surface area contributed by atoms with E-state index in [-0.39, 0.29) is 11.3 Å². The van der Waals surface area contributed by atoms with Gasteiger partial charge in [0.05, 0.1) is 26.0 Å². The average molecular weight is 239 g/mol.